The van der Waals surface area contributed by atoms with Crippen molar-refractivity contribution in [2.24, 2.45) is 5.73 Å². The Balaban J connectivity index is 2.12. The van der Waals surface area contributed by atoms with E-state index in [9.17, 15) is 0 Å². The average Bonchev–Trinajstić information content (AvgIpc) is 2.80. The second-order valence-corrected chi connectivity index (χ2v) is 3.03. The summed E-state index contributed by atoms with van der Waals surface area (Å²) in [6.45, 7) is 1.29. The maximum atomic E-state index is 5.49. The Bertz CT molecular complexity index is 379. The van der Waals surface area contributed by atoms with Gasteiger partial charge in [0.1, 0.15) is 0 Å². The van der Waals surface area contributed by atoms with Crippen LogP contribution in [0.5, 0.6) is 0 Å². The van der Waals surface area contributed by atoms with Crippen LogP contribution in [0, 0.1) is 0 Å². The molecule has 0 spiro atoms. The van der Waals surface area contributed by atoms with Gasteiger partial charge in [0.2, 0.25) is 0 Å². The number of nitrogens with two attached hydrogens (primary N) is 1. The summed E-state index contributed by atoms with van der Waals surface area (Å²) in [5.41, 5.74) is 6.60. The third-order valence-electron chi connectivity index (χ3n) is 2.02. The molecule has 0 fully saturated rings. The van der Waals surface area contributed by atoms with Gasteiger partial charge in [-0.05, 0) is 6.54 Å². The number of hydrogen-bond donors (Lipinski definition) is 1. The Labute approximate surface area is 81.5 Å². The van der Waals surface area contributed by atoms with Gasteiger partial charge in [0.05, 0.1) is 19.1 Å². The Hall–Kier alpha value is -1.62. The predicted molar refractivity (Wildman–Crippen MR) is 50.6 cm³/mol. The SMILES string of the molecule is NCCc1cncn1Cc1ccno1. The van der Waals surface area contributed by atoms with Crippen molar-refractivity contribution in [1.29, 1.82) is 0 Å². The standard InChI is InChI=1S/C9H12N4O/c10-3-1-8-5-11-7-13(8)6-9-2-4-12-14-9/h2,4-5,7H,1,3,6,10H2. The average molecular weight is 192 g/mol. The maximum absolute atomic E-state index is 5.49. The molecule has 0 saturated carbocycles. The molecule has 0 aliphatic rings. The van der Waals surface area contributed by atoms with Gasteiger partial charge in [-0.1, -0.05) is 5.16 Å². The lowest BCUT2D eigenvalue weighted by atomic mass is 10.3. The van der Waals surface area contributed by atoms with Gasteiger partial charge < -0.3 is 14.8 Å². The van der Waals surface area contributed by atoms with E-state index in [2.05, 4.69) is 10.1 Å². The van der Waals surface area contributed by atoms with E-state index in [1.165, 1.54) is 0 Å². The van der Waals surface area contributed by atoms with E-state index >= 15 is 0 Å². The van der Waals surface area contributed by atoms with Crippen molar-refractivity contribution >= 4 is 0 Å². The molecule has 0 aliphatic heterocycles. The quantitative estimate of drug-likeness (QED) is 0.762. The van der Waals surface area contributed by atoms with Crippen LogP contribution in [0.3, 0.4) is 0 Å². The van der Waals surface area contributed by atoms with Gasteiger partial charge in [-0.2, -0.15) is 0 Å². The van der Waals surface area contributed by atoms with Gasteiger partial charge >= 0.3 is 0 Å². The van der Waals surface area contributed by atoms with Crippen molar-refractivity contribution in [2.75, 3.05) is 6.54 Å². The predicted octanol–water partition coefficient (Wildman–Crippen LogP) is 0.421. The lowest BCUT2D eigenvalue weighted by Crippen LogP contribution is -2.08. The molecule has 2 N–H and O–H groups in total. The molecule has 2 aromatic rings. The molecule has 0 aliphatic carbocycles. The van der Waals surface area contributed by atoms with Gasteiger partial charge in [-0.15, -0.1) is 0 Å². The van der Waals surface area contributed by atoms with Gasteiger partial charge in [-0.25, -0.2) is 4.98 Å². The first-order chi connectivity index (χ1) is 6.90. The second-order valence-electron chi connectivity index (χ2n) is 3.03. The van der Waals surface area contributed by atoms with Crippen LogP contribution in [0.1, 0.15) is 11.5 Å². The maximum Gasteiger partial charge on any atom is 0.156 e. The van der Waals surface area contributed by atoms with E-state index in [0.29, 0.717) is 13.1 Å². The summed E-state index contributed by atoms with van der Waals surface area (Å²) >= 11 is 0. The molecule has 2 heterocycles. The molecular weight excluding hydrogens is 180 g/mol. The molecule has 2 rings (SSSR count). The number of aromatic nitrogens is 3. The van der Waals surface area contributed by atoms with Crippen LogP contribution in [0.4, 0.5) is 0 Å². The third-order valence-corrected chi connectivity index (χ3v) is 2.02. The summed E-state index contributed by atoms with van der Waals surface area (Å²) in [4.78, 5) is 4.07. The second kappa shape index (κ2) is 4.06. The van der Waals surface area contributed by atoms with Crippen LogP contribution in [0.25, 0.3) is 0 Å². The van der Waals surface area contributed by atoms with E-state index in [1.807, 2.05) is 16.8 Å². The van der Waals surface area contributed by atoms with Crippen molar-refractivity contribution in [3.05, 3.63) is 36.2 Å². The fourth-order valence-electron chi connectivity index (χ4n) is 1.34. The summed E-state index contributed by atoms with van der Waals surface area (Å²) in [6, 6.07) is 1.84. The number of nitrogens with zero attached hydrogens (tertiary/aromatic N) is 3. The minimum absolute atomic E-state index is 0.627. The van der Waals surface area contributed by atoms with E-state index < -0.39 is 0 Å². The van der Waals surface area contributed by atoms with Gasteiger partial charge in [-0.3, -0.25) is 0 Å². The van der Waals surface area contributed by atoms with Gasteiger partial charge in [0, 0.05) is 24.4 Å². The summed E-state index contributed by atoms with van der Waals surface area (Å²) in [6.07, 6.45) is 6.06. The van der Waals surface area contributed by atoms with Crippen LogP contribution >= 0.6 is 0 Å². The monoisotopic (exact) mass is 192 g/mol. The van der Waals surface area contributed by atoms with E-state index in [4.69, 9.17) is 10.3 Å². The first-order valence-corrected chi connectivity index (χ1v) is 4.49. The van der Waals surface area contributed by atoms with Gasteiger partial charge in [0.15, 0.2) is 5.76 Å². The molecule has 0 unspecified atom stereocenters. The van der Waals surface area contributed by atoms with Crippen LogP contribution < -0.4 is 5.73 Å². The Morgan fingerprint density at radius 2 is 2.43 bits per heavy atom. The van der Waals surface area contributed by atoms with Crippen molar-refractivity contribution in [3.63, 3.8) is 0 Å². The first-order valence-electron chi connectivity index (χ1n) is 4.49. The van der Waals surface area contributed by atoms with Gasteiger partial charge in [0.25, 0.3) is 0 Å². The van der Waals surface area contributed by atoms with Crippen molar-refractivity contribution in [2.45, 2.75) is 13.0 Å². The highest BCUT2D eigenvalue weighted by Crippen LogP contribution is 2.05. The zero-order valence-corrected chi connectivity index (χ0v) is 7.76. The van der Waals surface area contributed by atoms with Crippen LogP contribution in [0.2, 0.25) is 0 Å². The Morgan fingerprint density at radius 1 is 1.50 bits per heavy atom. The zero-order chi connectivity index (χ0) is 9.80. The molecule has 14 heavy (non-hydrogen) atoms. The van der Waals surface area contributed by atoms with Crippen molar-refractivity contribution in [1.82, 2.24) is 14.7 Å². The highest BCUT2D eigenvalue weighted by atomic mass is 16.5. The van der Waals surface area contributed by atoms with E-state index in [-0.39, 0.29) is 0 Å². The fourth-order valence-corrected chi connectivity index (χ4v) is 1.34. The van der Waals surface area contributed by atoms with Crippen molar-refractivity contribution < 1.29 is 4.52 Å². The zero-order valence-electron chi connectivity index (χ0n) is 7.76. The molecule has 2 aromatic heterocycles. The summed E-state index contributed by atoms with van der Waals surface area (Å²) in [5, 5.41) is 3.64. The first kappa shape index (κ1) is 8.96. The lowest BCUT2D eigenvalue weighted by molar-refractivity contribution is 0.375. The van der Waals surface area contributed by atoms with Crippen LogP contribution in [0.15, 0.2) is 29.3 Å². The molecular formula is C9H12N4O. The third kappa shape index (κ3) is 1.82. The Kier molecular flexibility index (Phi) is 2.60. The molecule has 0 saturated heterocycles. The summed E-state index contributed by atoms with van der Waals surface area (Å²) < 4.78 is 7.02. The smallest absolute Gasteiger partial charge is 0.156 e. The van der Waals surface area contributed by atoms with Crippen LogP contribution in [-0.2, 0) is 13.0 Å². The Morgan fingerprint density at radius 3 is 3.14 bits per heavy atom. The molecule has 0 aromatic carbocycles. The highest BCUT2D eigenvalue weighted by molar-refractivity contribution is 5.03. The summed E-state index contributed by atoms with van der Waals surface area (Å²) in [7, 11) is 0. The number of rotatable bonds is 4. The fraction of sp³-hybridized carbons (Fsp3) is 0.333. The minimum Gasteiger partial charge on any atom is -0.359 e. The normalized spacial score (nSPS) is 10.6. The lowest BCUT2D eigenvalue weighted by Gasteiger charge is -2.03. The minimum atomic E-state index is 0.627. The largest absolute Gasteiger partial charge is 0.359 e. The molecule has 0 amide bonds. The van der Waals surface area contributed by atoms with Crippen molar-refractivity contribution in [3.8, 4) is 0 Å². The molecule has 5 nitrogen and oxygen atoms in total. The molecule has 0 bridgehead atoms. The number of imidazole rings is 1. The van der Waals surface area contributed by atoms with E-state index in [0.717, 1.165) is 17.9 Å². The molecule has 0 atom stereocenters. The van der Waals surface area contributed by atoms with Crippen LogP contribution in [-0.4, -0.2) is 21.3 Å². The number of hydrogen-bond acceptors (Lipinski definition) is 4. The highest BCUT2D eigenvalue weighted by Gasteiger charge is 2.03. The topological polar surface area (TPSA) is 69.9 Å². The molecule has 0 radical (unpaired) electrons. The summed E-state index contributed by atoms with van der Waals surface area (Å²) in [5.74, 6) is 0.821. The molecule has 5 heteroatoms. The molecule has 74 valence electrons. The van der Waals surface area contributed by atoms with E-state index in [1.54, 1.807) is 12.5 Å².